The SMILES string of the molecule is CNC(=O)c1cccc(N2CCN(c3nccc(-c4ccc(-n5cnn(C)c5=O)cc4)c3C)C2=O)c1. The van der Waals surface area contributed by atoms with Crippen molar-refractivity contribution in [1.82, 2.24) is 24.6 Å². The summed E-state index contributed by atoms with van der Waals surface area (Å²) in [7, 11) is 3.18. The number of carbonyl (C=O) groups is 2. The molecule has 3 heterocycles. The number of aryl methyl sites for hydroxylation is 1. The number of aromatic nitrogens is 4. The Balaban J connectivity index is 1.42. The van der Waals surface area contributed by atoms with Gasteiger partial charge in [-0.15, -0.1) is 0 Å². The molecule has 1 N–H and O–H groups in total. The van der Waals surface area contributed by atoms with Gasteiger partial charge in [0.1, 0.15) is 12.1 Å². The molecule has 3 amide bonds. The number of carbonyl (C=O) groups excluding carboxylic acids is 2. The Hall–Kier alpha value is -4.73. The lowest BCUT2D eigenvalue weighted by Crippen LogP contribution is -2.33. The Labute approximate surface area is 207 Å². The van der Waals surface area contributed by atoms with Gasteiger partial charge in [-0.2, -0.15) is 5.10 Å². The van der Waals surface area contributed by atoms with E-state index in [1.165, 1.54) is 15.6 Å². The summed E-state index contributed by atoms with van der Waals surface area (Å²) in [5.41, 5.74) is 4.42. The predicted molar refractivity (Wildman–Crippen MR) is 137 cm³/mol. The molecule has 1 fully saturated rings. The molecule has 0 spiro atoms. The summed E-state index contributed by atoms with van der Waals surface area (Å²) < 4.78 is 2.75. The highest BCUT2D eigenvalue weighted by Gasteiger charge is 2.33. The Bertz CT molecular complexity index is 1520. The lowest BCUT2D eigenvalue weighted by atomic mass is 10.0. The van der Waals surface area contributed by atoms with Gasteiger partial charge in [0.05, 0.1) is 5.69 Å². The molecule has 5 rings (SSSR count). The second kappa shape index (κ2) is 9.14. The van der Waals surface area contributed by atoms with Gasteiger partial charge in [0.25, 0.3) is 5.91 Å². The number of hydrogen-bond donors (Lipinski definition) is 1. The van der Waals surface area contributed by atoms with Gasteiger partial charge >= 0.3 is 11.7 Å². The third-order valence-corrected chi connectivity index (χ3v) is 6.37. The largest absolute Gasteiger partial charge is 0.355 e. The van der Waals surface area contributed by atoms with Crippen molar-refractivity contribution in [2.75, 3.05) is 29.9 Å². The van der Waals surface area contributed by atoms with Crippen molar-refractivity contribution in [1.29, 1.82) is 0 Å². The highest BCUT2D eigenvalue weighted by molar-refractivity contribution is 6.07. The van der Waals surface area contributed by atoms with Crippen LogP contribution in [0, 0.1) is 6.92 Å². The van der Waals surface area contributed by atoms with Crippen molar-refractivity contribution >= 4 is 23.4 Å². The van der Waals surface area contributed by atoms with Gasteiger partial charge in [0.2, 0.25) is 0 Å². The average molecular weight is 484 g/mol. The van der Waals surface area contributed by atoms with E-state index in [1.54, 1.807) is 48.3 Å². The molecule has 0 saturated carbocycles. The number of rotatable bonds is 5. The molecule has 0 unspecified atom stereocenters. The summed E-state index contributed by atoms with van der Waals surface area (Å²) in [6, 6.07) is 16.3. The lowest BCUT2D eigenvalue weighted by Gasteiger charge is -2.21. The summed E-state index contributed by atoms with van der Waals surface area (Å²) >= 11 is 0. The normalized spacial score (nSPS) is 13.4. The predicted octanol–water partition coefficient (Wildman–Crippen LogP) is 2.75. The molecule has 1 aliphatic heterocycles. The van der Waals surface area contributed by atoms with E-state index in [-0.39, 0.29) is 17.6 Å². The molecule has 36 heavy (non-hydrogen) atoms. The van der Waals surface area contributed by atoms with Crippen molar-refractivity contribution < 1.29 is 9.59 Å². The second-order valence-electron chi connectivity index (χ2n) is 8.48. The number of anilines is 2. The number of urea groups is 1. The summed E-state index contributed by atoms with van der Waals surface area (Å²) in [5, 5.41) is 6.60. The smallest absolute Gasteiger partial charge is 0.350 e. The van der Waals surface area contributed by atoms with Crippen molar-refractivity contribution in [2.24, 2.45) is 7.05 Å². The van der Waals surface area contributed by atoms with Crippen LogP contribution in [0.4, 0.5) is 16.3 Å². The van der Waals surface area contributed by atoms with Crippen LogP contribution in [0.25, 0.3) is 16.8 Å². The van der Waals surface area contributed by atoms with E-state index in [9.17, 15) is 14.4 Å². The average Bonchev–Trinajstić information content (AvgIpc) is 3.45. The van der Waals surface area contributed by atoms with Gasteiger partial charge in [-0.1, -0.05) is 18.2 Å². The first kappa shape index (κ1) is 23.0. The molecule has 10 nitrogen and oxygen atoms in total. The molecular formula is C26H25N7O3. The van der Waals surface area contributed by atoms with Crippen LogP contribution < -0.4 is 20.8 Å². The highest BCUT2D eigenvalue weighted by atomic mass is 16.2. The van der Waals surface area contributed by atoms with E-state index in [0.717, 1.165) is 16.7 Å². The number of nitrogens with zero attached hydrogens (tertiary/aromatic N) is 6. The molecule has 10 heteroatoms. The summed E-state index contributed by atoms with van der Waals surface area (Å²) in [6.07, 6.45) is 3.18. The monoisotopic (exact) mass is 483 g/mol. The molecule has 0 atom stereocenters. The minimum atomic E-state index is -0.219. The topological polar surface area (TPSA) is 105 Å². The summed E-state index contributed by atoms with van der Waals surface area (Å²) in [5.74, 6) is 0.389. The Kier molecular flexibility index (Phi) is 5.85. The van der Waals surface area contributed by atoms with Crippen LogP contribution in [0.2, 0.25) is 0 Å². The molecule has 1 saturated heterocycles. The fourth-order valence-electron chi connectivity index (χ4n) is 4.40. The number of nitrogens with one attached hydrogen (secondary N) is 1. The van der Waals surface area contributed by atoms with Crippen molar-refractivity contribution in [2.45, 2.75) is 6.92 Å². The first-order chi connectivity index (χ1) is 17.4. The van der Waals surface area contributed by atoms with E-state index in [2.05, 4.69) is 15.4 Å². The molecule has 2 aromatic heterocycles. The first-order valence-corrected chi connectivity index (χ1v) is 11.5. The fraction of sp³-hybridized carbons (Fsp3) is 0.192. The van der Waals surface area contributed by atoms with E-state index in [4.69, 9.17) is 0 Å². The number of benzene rings is 2. The Morgan fingerprint density at radius 2 is 1.72 bits per heavy atom. The minimum absolute atomic E-state index is 0.192. The van der Waals surface area contributed by atoms with E-state index in [0.29, 0.717) is 35.8 Å². The molecule has 4 aromatic rings. The minimum Gasteiger partial charge on any atom is -0.355 e. The van der Waals surface area contributed by atoms with Crippen molar-refractivity contribution in [3.8, 4) is 16.8 Å². The lowest BCUT2D eigenvalue weighted by molar-refractivity contribution is 0.0963. The zero-order chi connectivity index (χ0) is 25.4. The Morgan fingerprint density at radius 3 is 2.42 bits per heavy atom. The highest BCUT2D eigenvalue weighted by Crippen LogP contribution is 2.32. The van der Waals surface area contributed by atoms with Crippen LogP contribution in [0.1, 0.15) is 15.9 Å². The van der Waals surface area contributed by atoms with Gasteiger partial charge < -0.3 is 5.32 Å². The molecular weight excluding hydrogens is 458 g/mol. The van der Waals surface area contributed by atoms with Gasteiger partial charge in [-0.25, -0.2) is 23.8 Å². The maximum absolute atomic E-state index is 13.4. The zero-order valence-electron chi connectivity index (χ0n) is 20.2. The standard InChI is InChI=1S/C26H25N7O3/c1-17-22(18-7-9-20(10-8-18)33-16-29-30(3)25(33)35)11-12-28-23(17)32-14-13-31(26(32)36)21-6-4-5-19(15-21)24(34)27-2/h4-12,15-16H,13-14H2,1-3H3,(H,27,34). The van der Waals surface area contributed by atoms with Crippen molar-refractivity contribution in [3.63, 3.8) is 0 Å². The third kappa shape index (κ3) is 3.92. The quantitative estimate of drug-likeness (QED) is 0.470. The van der Waals surface area contributed by atoms with Gasteiger partial charge in [-0.3, -0.25) is 14.6 Å². The van der Waals surface area contributed by atoms with Crippen LogP contribution >= 0.6 is 0 Å². The molecule has 1 aliphatic rings. The number of pyridine rings is 1. The first-order valence-electron chi connectivity index (χ1n) is 11.5. The van der Waals surface area contributed by atoms with E-state index < -0.39 is 0 Å². The van der Waals surface area contributed by atoms with Crippen LogP contribution in [0.3, 0.4) is 0 Å². The van der Waals surface area contributed by atoms with E-state index >= 15 is 0 Å². The summed E-state index contributed by atoms with van der Waals surface area (Å²) in [4.78, 5) is 45.4. The Morgan fingerprint density at radius 1 is 0.972 bits per heavy atom. The molecule has 0 bridgehead atoms. The van der Waals surface area contributed by atoms with Gasteiger partial charge in [-0.05, 0) is 60.0 Å². The third-order valence-electron chi connectivity index (χ3n) is 6.37. The van der Waals surface area contributed by atoms with Crippen LogP contribution in [0.5, 0.6) is 0 Å². The zero-order valence-corrected chi connectivity index (χ0v) is 20.2. The van der Waals surface area contributed by atoms with Gasteiger partial charge in [0.15, 0.2) is 0 Å². The molecule has 2 aromatic carbocycles. The number of hydrogen-bond acceptors (Lipinski definition) is 5. The van der Waals surface area contributed by atoms with E-state index in [1.807, 2.05) is 43.3 Å². The maximum Gasteiger partial charge on any atom is 0.350 e. The molecule has 0 radical (unpaired) electrons. The van der Waals surface area contributed by atoms with Crippen LogP contribution in [-0.4, -0.2) is 51.4 Å². The van der Waals surface area contributed by atoms with Crippen LogP contribution in [-0.2, 0) is 7.05 Å². The maximum atomic E-state index is 13.4. The summed E-state index contributed by atoms with van der Waals surface area (Å²) in [6.45, 7) is 2.90. The van der Waals surface area contributed by atoms with Crippen molar-refractivity contribution in [3.05, 3.63) is 88.7 Å². The molecule has 0 aliphatic carbocycles. The second-order valence-corrected chi connectivity index (χ2v) is 8.48. The van der Waals surface area contributed by atoms with Gasteiger partial charge in [0, 0.05) is 44.6 Å². The number of amides is 3. The fourth-order valence-corrected chi connectivity index (χ4v) is 4.40. The molecule has 182 valence electrons. The van der Waals surface area contributed by atoms with Crippen LogP contribution in [0.15, 0.2) is 71.9 Å².